The van der Waals surface area contributed by atoms with Crippen LogP contribution in [0.15, 0.2) is 60.7 Å². The minimum absolute atomic E-state index is 0. The summed E-state index contributed by atoms with van der Waals surface area (Å²) in [7, 11) is 0. The molecule has 0 bridgehead atoms. The molecule has 0 aromatic heterocycles. The van der Waals surface area contributed by atoms with E-state index in [-0.39, 0.29) is 36.2 Å². The monoisotopic (exact) mass is 344 g/mol. The molecule has 4 heteroatoms. The molecular weight excluding hydrogens is 320 g/mol. The fourth-order valence-electron chi connectivity index (χ4n) is 3.52. The molecule has 0 spiro atoms. The number of amides is 1. The first kappa shape index (κ1) is 18.5. The van der Waals surface area contributed by atoms with Gasteiger partial charge in [0, 0.05) is 25.0 Å². The van der Waals surface area contributed by atoms with Gasteiger partial charge in [-0.15, -0.1) is 12.4 Å². The molecule has 0 aliphatic carbocycles. The van der Waals surface area contributed by atoms with E-state index in [1.165, 1.54) is 5.56 Å². The quantitative estimate of drug-likeness (QED) is 0.921. The minimum Gasteiger partial charge on any atom is -0.340 e. The van der Waals surface area contributed by atoms with Crippen molar-refractivity contribution in [1.82, 2.24) is 4.90 Å². The van der Waals surface area contributed by atoms with Gasteiger partial charge in [0.1, 0.15) is 0 Å². The standard InChI is InChI=1S/C20H24N2O.ClH/c1-2-17(15-9-5-3-6-10-15)20(23)22-13-18(19(21)14-22)16-11-7-4-8-12-16;/h3-12,17-19H,2,13-14,21H2,1H3;1H/t17?,18-,19+;/m0./s1. The maximum Gasteiger partial charge on any atom is 0.230 e. The zero-order valence-electron chi connectivity index (χ0n) is 14.0. The topological polar surface area (TPSA) is 46.3 Å². The Labute approximate surface area is 150 Å². The van der Waals surface area contributed by atoms with Crippen molar-refractivity contribution in [3.63, 3.8) is 0 Å². The Kier molecular flexibility index (Phi) is 6.41. The highest BCUT2D eigenvalue weighted by Gasteiger charge is 2.36. The molecule has 1 aliphatic heterocycles. The van der Waals surface area contributed by atoms with Crippen molar-refractivity contribution in [1.29, 1.82) is 0 Å². The maximum atomic E-state index is 13.0. The average Bonchev–Trinajstić information content (AvgIpc) is 2.99. The summed E-state index contributed by atoms with van der Waals surface area (Å²) in [4.78, 5) is 14.9. The predicted molar refractivity (Wildman–Crippen MR) is 100 cm³/mol. The van der Waals surface area contributed by atoms with Crippen LogP contribution in [0, 0.1) is 0 Å². The van der Waals surface area contributed by atoms with Gasteiger partial charge in [-0.25, -0.2) is 0 Å². The van der Waals surface area contributed by atoms with Crippen molar-refractivity contribution < 1.29 is 4.79 Å². The Balaban J connectivity index is 0.00000208. The lowest BCUT2D eigenvalue weighted by Gasteiger charge is -2.23. The number of benzene rings is 2. The Bertz CT molecular complexity index is 647. The van der Waals surface area contributed by atoms with Crippen molar-refractivity contribution in [2.45, 2.75) is 31.2 Å². The fraction of sp³-hybridized carbons (Fsp3) is 0.350. The van der Waals surface area contributed by atoms with E-state index < -0.39 is 0 Å². The molecule has 128 valence electrons. The van der Waals surface area contributed by atoms with Crippen LogP contribution in [-0.2, 0) is 4.79 Å². The summed E-state index contributed by atoms with van der Waals surface area (Å²) in [5.41, 5.74) is 8.64. The van der Waals surface area contributed by atoms with Gasteiger partial charge in [-0.3, -0.25) is 4.79 Å². The van der Waals surface area contributed by atoms with E-state index in [1.54, 1.807) is 0 Å². The number of nitrogens with zero attached hydrogens (tertiary/aromatic N) is 1. The number of hydrogen-bond acceptors (Lipinski definition) is 2. The number of nitrogens with two attached hydrogens (primary N) is 1. The summed E-state index contributed by atoms with van der Waals surface area (Å²) in [6, 6.07) is 20.3. The van der Waals surface area contributed by atoms with Gasteiger partial charge in [-0.2, -0.15) is 0 Å². The fourth-order valence-corrected chi connectivity index (χ4v) is 3.52. The highest BCUT2D eigenvalue weighted by Crippen LogP contribution is 2.30. The van der Waals surface area contributed by atoms with Gasteiger partial charge in [0.2, 0.25) is 5.91 Å². The van der Waals surface area contributed by atoms with Gasteiger partial charge in [0.15, 0.2) is 0 Å². The summed E-state index contributed by atoms with van der Waals surface area (Å²) in [6.45, 7) is 3.43. The van der Waals surface area contributed by atoms with E-state index >= 15 is 0 Å². The van der Waals surface area contributed by atoms with Gasteiger partial charge < -0.3 is 10.6 Å². The zero-order chi connectivity index (χ0) is 16.2. The average molecular weight is 345 g/mol. The largest absolute Gasteiger partial charge is 0.340 e. The molecule has 1 amide bonds. The lowest BCUT2D eigenvalue weighted by Crippen LogP contribution is -2.35. The van der Waals surface area contributed by atoms with E-state index in [2.05, 4.69) is 19.1 Å². The number of carbonyl (C=O) groups is 1. The molecule has 1 aliphatic rings. The first-order valence-electron chi connectivity index (χ1n) is 8.35. The SMILES string of the molecule is CCC(C(=O)N1C[C@@H](N)[C@H](c2ccccc2)C1)c1ccccc1.Cl. The molecule has 1 saturated heterocycles. The summed E-state index contributed by atoms with van der Waals surface area (Å²) < 4.78 is 0. The molecule has 1 fully saturated rings. The van der Waals surface area contributed by atoms with Crippen molar-refractivity contribution >= 4 is 18.3 Å². The first-order valence-corrected chi connectivity index (χ1v) is 8.35. The number of likely N-dealkylation sites (tertiary alicyclic amines) is 1. The van der Waals surface area contributed by atoms with Crippen LogP contribution in [0.25, 0.3) is 0 Å². The summed E-state index contributed by atoms with van der Waals surface area (Å²) in [6.07, 6.45) is 0.810. The third-order valence-electron chi connectivity index (χ3n) is 4.81. The summed E-state index contributed by atoms with van der Waals surface area (Å²) in [5, 5.41) is 0. The third-order valence-corrected chi connectivity index (χ3v) is 4.81. The van der Waals surface area contributed by atoms with Crippen LogP contribution in [0.1, 0.15) is 36.3 Å². The molecule has 1 unspecified atom stereocenters. The van der Waals surface area contributed by atoms with Crippen molar-refractivity contribution in [3.8, 4) is 0 Å². The van der Waals surface area contributed by atoms with Crippen LogP contribution in [-0.4, -0.2) is 29.9 Å². The van der Waals surface area contributed by atoms with E-state index in [1.807, 2.05) is 53.4 Å². The highest BCUT2D eigenvalue weighted by molar-refractivity contribution is 5.85. The van der Waals surface area contributed by atoms with Gasteiger partial charge in [0.05, 0.1) is 5.92 Å². The van der Waals surface area contributed by atoms with E-state index in [0.717, 1.165) is 12.0 Å². The van der Waals surface area contributed by atoms with Crippen LogP contribution in [0.3, 0.4) is 0 Å². The minimum atomic E-state index is -0.0714. The van der Waals surface area contributed by atoms with E-state index in [0.29, 0.717) is 13.1 Å². The van der Waals surface area contributed by atoms with Crippen molar-refractivity contribution in [3.05, 3.63) is 71.8 Å². The second kappa shape index (κ2) is 8.32. The van der Waals surface area contributed by atoms with Crippen molar-refractivity contribution in [2.75, 3.05) is 13.1 Å². The molecule has 3 nitrogen and oxygen atoms in total. The summed E-state index contributed by atoms with van der Waals surface area (Å²) >= 11 is 0. The summed E-state index contributed by atoms with van der Waals surface area (Å²) in [5.74, 6) is 0.360. The van der Waals surface area contributed by atoms with Crippen molar-refractivity contribution in [2.24, 2.45) is 5.73 Å². The molecule has 3 rings (SSSR count). The molecule has 3 atom stereocenters. The number of halogens is 1. The highest BCUT2D eigenvalue weighted by atomic mass is 35.5. The van der Waals surface area contributed by atoms with E-state index in [4.69, 9.17) is 5.73 Å². The molecule has 0 radical (unpaired) electrons. The maximum absolute atomic E-state index is 13.0. The number of rotatable bonds is 4. The van der Waals surface area contributed by atoms with Crippen LogP contribution < -0.4 is 5.73 Å². The Hall–Kier alpha value is -1.84. The lowest BCUT2D eigenvalue weighted by atomic mass is 9.94. The van der Waals surface area contributed by atoms with Crippen LogP contribution >= 0.6 is 12.4 Å². The Morgan fingerprint density at radius 1 is 1.08 bits per heavy atom. The van der Waals surface area contributed by atoms with Gasteiger partial charge >= 0.3 is 0 Å². The van der Waals surface area contributed by atoms with Gasteiger partial charge in [0.25, 0.3) is 0 Å². The van der Waals surface area contributed by atoms with Crippen LogP contribution in [0.2, 0.25) is 0 Å². The second-order valence-electron chi connectivity index (χ2n) is 6.30. The third kappa shape index (κ3) is 3.80. The van der Waals surface area contributed by atoms with Crippen LogP contribution in [0.4, 0.5) is 0 Å². The molecule has 2 aromatic carbocycles. The predicted octanol–water partition coefficient (Wildman–Crippen LogP) is 3.56. The Morgan fingerprint density at radius 3 is 2.25 bits per heavy atom. The molecular formula is C20H25ClN2O. The number of hydrogen-bond donors (Lipinski definition) is 1. The van der Waals surface area contributed by atoms with Gasteiger partial charge in [-0.05, 0) is 17.5 Å². The normalized spacial score (nSPS) is 21.2. The first-order chi connectivity index (χ1) is 11.2. The molecule has 2 N–H and O–H groups in total. The lowest BCUT2D eigenvalue weighted by molar-refractivity contribution is -0.131. The van der Waals surface area contributed by atoms with Crippen LogP contribution in [0.5, 0.6) is 0 Å². The van der Waals surface area contributed by atoms with Gasteiger partial charge in [-0.1, -0.05) is 67.6 Å². The second-order valence-corrected chi connectivity index (χ2v) is 6.30. The zero-order valence-corrected chi connectivity index (χ0v) is 14.8. The van der Waals surface area contributed by atoms with E-state index in [9.17, 15) is 4.79 Å². The molecule has 0 saturated carbocycles. The molecule has 2 aromatic rings. The molecule has 24 heavy (non-hydrogen) atoms. The number of carbonyl (C=O) groups excluding carboxylic acids is 1. The Morgan fingerprint density at radius 2 is 1.67 bits per heavy atom. The smallest absolute Gasteiger partial charge is 0.230 e. The molecule has 1 heterocycles.